The van der Waals surface area contributed by atoms with Gasteiger partial charge in [0, 0.05) is 16.6 Å². The number of nitrogens with one attached hydrogen (secondary N) is 2. The number of aromatic amines is 1. The van der Waals surface area contributed by atoms with Gasteiger partial charge in [-0.1, -0.05) is 12.5 Å². The number of H-pyrrole nitrogens is 1. The summed E-state index contributed by atoms with van der Waals surface area (Å²) >= 11 is 1.63. The Morgan fingerprint density at radius 1 is 1.11 bits per heavy atom. The summed E-state index contributed by atoms with van der Waals surface area (Å²) in [5, 5.41) is 5.24. The highest BCUT2D eigenvalue weighted by molar-refractivity contribution is 7.09. The molecule has 1 amide bonds. The van der Waals surface area contributed by atoms with Gasteiger partial charge in [0.15, 0.2) is 11.4 Å². The first-order chi connectivity index (χ1) is 21.2. The van der Waals surface area contributed by atoms with Gasteiger partial charge >= 0.3 is 5.97 Å². The van der Waals surface area contributed by atoms with Crippen LogP contribution in [0, 0.1) is 11.2 Å². The first kappa shape index (κ1) is 29.9. The van der Waals surface area contributed by atoms with Crippen LogP contribution in [0.25, 0.3) is 22.6 Å². The van der Waals surface area contributed by atoms with Gasteiger partial charge in [0.05, 0.1) is 36.8 Å². The number of hydrogen-bond donors (Lipinski definition) is 3. The zero-order chi connectivity index (χ0) is 30.7. The fourth-order valence-corrected chi connectivity index (χ4v) is 6.02. The Kier molecular flexibility index (Phi) is 8.43. The van der Waals surface area contributed by atoms with Crippen molar-refractivity contribution in [1.29, 1.82) is 0 Å². The summed E-state index contributed by atoms with van der Waals surface area (Å²) < 4.78 is 31.6. The van der Waals surface area contributed by atoms with Crippen LogP contribution < -0.4 is 11.1 Å². The summed E-state index contributed by atoms with van der Waals surface area (Å²) in [6.07, 6.45) is 4.01. The molecular weight excluding hydrogens is 587 g/mol. The number of esters is 1. The molecular formula is C31H33FN6O5S. The maximum Gasteiger partial charge on any atom is 0.317 e. The highest BCUT2D eigenvalue weighted by Gasteiger charge is 2.48. The zero-order valence-corrected chi connectivity index (χ0v) is 25.0. The van der Waals surface area contributed by atoms with Crippen LogP contribution in [0.2, 0.25) is 0 Å². The molecule has 44 heavy (non-hydrogen) atoms. The lowest BCUT2D eigenvalue weighted by atomic mass is 9.83. The summed E-state index contributed by atoms with van der Waals surface area (Å²) in [4.78, 5) is 43.8. The molecule has 0 unspecified atom stereocenters. The number of imidazole rings is 1. The quantitative estimate of drug-likeness (QED) is 0.216. The largest absolute Gasteiger partial charge is 0.448 e. The van der Waals surface area contributed by atoms with Crippen molar-refractivity contribution in [1.82, 2.24) is 19.9 Å². The molecule has 1 aliphatic carbocycles. The van der Waals surface area contributed by atoms with Crippen molar-refractivity contribution >= 4 is 29.2 Å². The molecule has 0 radical (unpaired) electrons. The first-order valence-corrected chi connectivity index (χ1v) is 15.3. The van der Waals surface area contributed by atoms with E-state index in [1.54, 1.807) is 42.7 Å². The summed E-state index contributed by atoms with van der Waals surface area (Å²) in [7, 11) is 0. The number of nitrogens with zero attached hydrogens (tertiary/aromatic N) is 3. The van der Waals surface area contributed by atoms with Crippen molar-refractivity contribution in [2.45, 2.75) is 57.5 Å². The fraction of sp³-hybridized carbons (Fsp3) is 0.387. The number of hydrogen-bond acceptors (Lipinski definition) is 10. The fourth-order valence-electron chi connectivity index (χ4n) is 5.37. The molecule has 2 aliphatic rings. The zero-order valence-electron chi connectivity index (χ0n) is 24.2. The minimum atomic E-state index is -1.30. The number of primary amides is 1. The van der Waals surface area contributed by atoms with Gasteiger partial charge in [-0.15, -0.1) is 11.3 Å². The van der Waals surface area contributed by atoms with E-state index in [4.69, 9.17) is 24.9 Å². The van der Waals surface area contributed by atoms with Gasteiger partial charge in [-0.05, 0) is 74.4 Å². The van der Waals surface area contributed by atoms with Gasteiger partial charge in [-0.25, -0.2) is 19.3 Å². The average molecular weight is 621 g/mol. The monoisotopic (exact) mass is 620 g/mol. The smallest absolute Gasteiger partial charge is 0.317 e. The molecule has 13 heteroatoms. The van der Waals surface area contributed by atoms with E-state index < -0.39 is 29.2 Å². The Labute approximate surface area is 257 Å². The highest BCUT2D eigenvalue weighted by atomic mass is 32.1. The molecule has 0 atom stereocenters. The van der Waals surface area contributed by atoms with Gasteiger partial charge < -0.3 is 30.2 Å². The van der Waals surface area contributed by atoms with Crippen LogP contribution in [0.3, 0.4) is 0 Å². The van der Waals surface area contributed by atoms with Crippen molar-refractivity contribution in [2.75, 3.05) is 18.5 Å². The number of nitrogens with two attached hydrogens (primary N) is 1. The Balaban J connectivity index is 1.22. The van der Waals surface area contributed by atoms with Gasteiger partial charge in [-0.2, -0.15) is 0 Å². The molecule has 11 nitrogen and oxygen atoms in total. The third-order valence-electron chi connectivity index (χ3n) is 7.97. The second kappa shape index (κ2) is 12.4. The van der Waals surface area contributed by atoms with E-state index in [0.29, 0.717) is 53.8 Å². The maximum atomic E-state index is 13.8. The molecule has 230 valence electrons. The third kappa shape index (κ3) is 6.21. The minimum Gasteiger partial charge on any atom is -0.448 e. The van der Waals surface area contributed by atoms with E-state index in [1.807, 2.05) is 17.5 Å². The summed E-state index contributed by atoms with van der Waals surface area (Å²) in [6.45, 7) is 2.19. The molecule has 1 aromatic carbocycles. The summed E-state index contributed by atoms with van der Waals surface area (Å²) in [5.41, 5.74) is 5.51. The number of carbonyl (C=O) groups is 2. The highest BCUT2D eigenvalue weighted by Crippen LogP contribution is 2.38. The molecule has 1 aliphatic heterocycles. The lowest BCUT2D eigenvalue weighted by Gasteiger charge is -2.39. The van der Waals surface area contributed by atoms with Crippen LogP contribution in [0.1, 0.15) is 56.0 Å². The molecule has 2 fully saturated rings. The van der Waals surface area contributed by atoms with Crippen LogP contribution in [0.5, 0.6) is 0 Å². The molecule has 1 saturated carbocycles. The van der Waals surface area contributed by atoms with E-state index in [1.165, 1.54) is 12.1 Å². The summed E-state index contributed by atoms with van der Waals surface area (Å²) in [6, 6.07) is 11.7. The van der Waals surface area contributed by atoms with Crippen molar-refractivity contribution in [3.05, 3.63) is 70.6 Å². The Bertz CT molecular complexity index is 1610. The van der Waals surface area contributed by atoms with E-state index in [2.05, 4.69) is 20.3 Å². The Morgan fingerprint density at radius 3 is 2.55 bits per heavy atom. The normalized spacial score (nSPS) is 21.5. The second-order valence-electron chi connectivity index (χ2n) is 11.4. The number of thiophene rings is 1. The van der Waals surface area contributed by atoms with Crippen LogP contribution >= 0.6 is 11.3 Å². The van der Waals surface area contributed by atoms with E-state index in [9.17, 15) is 14.0 Å². The van der Waals surface area contributed by atoms with Crippen molar-refractivity contribution < 1.29 is 28.2 Å². The third-order valence-corrected chi connectivity index (χ3v) is 8.85. The standard InChI is InChI=1S/C31H33FN6O5S/c1-30(28(40)43-31(27(33)39)12-3-2-4-13-31)17-41-26(42-18-30)25-37-23(19-7-9-20(32)10-8-19)24(38-25)22-11-14-34-29(36-22)35-16-21-6-5-15-44-21/h5-11,14-15,26H,2-4,12-13,16-18H2,1H3,(H2,33,39)(H,37,38)(H,34,35,36). The number of amides is 1. The molecule has 4 aromatic rings. The Hall–Kier alpha value is -4.20. The number of ether oxygens (including phenoxy) is 3. The number of aromatic nitrogens is 4. The second-order valence-corrected chi connectivity index (χ2v) is 12.4. The number of rotatable bonds is 9. The molecule has 1 saturated heterocycles. The number of benzene rings is 1. The number of anilines is 1. The molecule has 0 spiro atoms. The molecule has 4 N–H and O–H groups in total. The van der Waals surface area contributed by atoms with Crippen molar-refractivity contribution in [3.63, 3.8) is 0 Å². The Morgan fingerprint density at radius 2 is 1.86 bits per heavy atom. The predicted molar refractivity (Wildman–Crippen MR) is 161 cm³/mol. The van der Waals surface area contributed by atoms with Gasteiger partial charge in [0.2, 0.25) is 12.2 Å². The van der Waals surface area contributed by atoms with Crippen LogP contribution in [0.15, 0.2) is 54.0 Å². The molecule has 0 bridgehead atoms. The molecule has 3 aromatic heterocycles. The number of carbonyl (C=O) groups excluding carboxylic acids is 2. The lowest BCUT2D eigenvalue weighted by molar-refractivity contribution is -0.243. The van der Waals surface area contributed by atoms with Crippen molar-refractivity contribution in [3.8, 4) is 22.6 Å². The average Bonchev–Trinajstić information content (AvgIpc) is 3.72. The van der Waals surface area contributed by atoms with Gasteiger partial charge in [0.1, 0.15) is 11.2 Å². The van der Waals surface area contributed by atoms with E-state index in [-0.39, 0.29) is 19.0 Å². The van der Waals surface area contributed by atoms with Gasteiger partial charge in [0.25, 0.3) is 5.91 Å². The lowest BCUT2D eigenvalue weighted by Crippen LogP contribution is -2.53. The van der Waals surface area contributed by atoms with Crippen molar-refractivity contribution in [2.24, 2.45) is 11.1 Å². The topological polar surface area (TPSA) is 154 Å². The van der Waals surface area contributed by atoms with Crippen LogP contribution in [-0.4, -0.2) is 50.6 Å². The van der Waals surface area contributed by atoms with Crippen LogP contribution in [-0.2, 0) is 30.3 Å². The first-order valence-electron chi connectivity index (χ1n) is 14.5. The number of halogens is 1. The van der Waals surface area contributed by atoms with E-state index >= 15 is 0 Å². The van der Waals surface area contributed by atoms with Crippen LogP contribution in [0.4, 0.5) is 10.3 Å². The molecule has 6 rings (SSSR count). The minimum absolute atomic E-state index is 0.0302. The maximum absolute atomic E-state index is 13.8. The SMILES string of the molecule is CC1(C(=O)OC2(C(N)=O)CCCCC2)COC(c2nc(-c3ccc(F)cc3)c(-c3ccnc(NCc4cccs4)n3)[nH]2)OC1. The predicted octanol–water partition coefficient (Wildman–Crippen LogP) is 5.13. The van der Waals surface area contributed by atoms with E-state index in [0.717, 1.165) is 24.1 Å². The molecule has 4 heterocycles. The van der Waals surface area contributed by atoms with Gasteiger partial charge in [-0.3, -0.25) is 9.59 Å². The summed E-state index contributed by atoms with van der Waals surface area (Å²) in [5.74, 6) is -0.807.